The molecule has 0 aliphatic rings. The molecule has 1 aromatic carbocycles. The molecule has 21 heavy (non-hydrogen) atoms. The zero-order chi connectivity index (χ0) is 15.2. The first kappa shape index (κ1) is 16.0. The average molecular weight is 304 g/mol. The SMILES string of the molecule is CCC(C)NCc1cnc(COc2cccc(C)c2C)s1. The highest BCUT2D eigenvalue weighted by atomic mass is 32.1. The minimum absolute atomic E-state index is 0.540. The van der Waals surface area contributed by atoms with Gasteiger partial charge in [-0.2, -0.15) is 0 Å². The standard InChI is InChI=1S/C17H24N2OS/c1-5-13(3)18-9-15-10-19-17(21-15)11-20-16-8-6-7-12(2)14(16)4/h6-8,10,13,18H,5,9,11H2,1-4H3. The molecule has 1 N–H and O–H groups in total. The van der Waals surface area contributed by atoms with Crippen LogP contribution in [0.25, 0.3) is 0 Å². The molecular formula is C17H24N2OS. The minimum atomic E-state index is 0.540. The van der Waals surface area contributed by atoms with E-state index in [1.165, 1.54) is 16.0 Å². The van der Waals surface area contributed by atoms with Crippen molar-refractivity contribution in [2.75, 3.05) is 0 Å². The predicted molar refractivity (Wildman–Crippen MR) is 89.0 cm³/mol. The van der Waals surface area contributed by atoms with Gasteiger partial charge in [0, 0.05) is 23.7 Å². The van der Waals surface area contributed by atoms with Crippen molar-refractivity contribution in [3.8, 4) is 5.75 Å². The Kier molecular flexibility index (Phi) is 5.76. The number of aryl methyl sites for hydroxylation is 1. The second-order valence-electron chi connectivity index (χ2n) is 5.40. The van der Waals surface area contributed by atoms with Crippen LogP contribution in [0.2, 0.25) is 0 Å². The first-order valence-corrected chi connectivity index (χ1v) is 8.27. The van der Waals surface area contributed by atoms with Crippen LogP contribution >= 0.6 is 11.3 Å². The van der Waals surface area contributed by atoms with E-state index in [0.29, 0.717) is 12.6 Å². The molecule has 1 unspecified atom stereocenters. The summed E-state index contributed by atoms with van der Waals surface area (Å²) in [5, 5.41) is 4.51. The molecule has 0 fully saturated rings. The van der Waals surface area contributed by atoms with Gasteiger partial charge in [0.15, 0.2) is 0 Å². The third-order valence-corrected chi connectivity index (χ3v) is 4.72. The molecular weight excluding hydrogens is 280 g/mol. The van der Waals surface area contributed by atoms with Crippen molar-refractivity contribution in [1.82, 2.24) is 10.3 Å². The second-order valence-corrected chi connectivity index (χ2v) is 6.60. The third kappa shape index (κ3) is 4.55. The monoisotopic (exact) mass is 304 g/mol. The number of aromatic nitrogens is 1. The van der Waals surface area contributed by atoms with Gasteiger partial charge >= 0.3 is 0 Å². The smallest absolute Gasteiger partial charge is 0.140 e. The average Bonchev–Trinajstić information content (AvgIpc) is 2.94. The fourth-order valence-electron chi connectivity index (χ4n) is 1.94. The summed E-state index contributed by atoms with van der Waals surface area (Å²) in [5.41, 5.74) is 2.46. The number of hydrogen-bond donors (Lipinski definition) is 1. The first-order valence-electron chi connectivity index (χ1n) is 7.46. The Morgan fingerprint density at radius 3 is 2.90 bits per heavy atom. The van der Waals surface area contributed by atoms with Crippen LogP contribution in [0.4, 0.5) is 0 Å². The number of nitrogens with zero attached hydrogens (tertiary/aromatic N) is 1. The molecule has 0 saturated heterocycles. The molecule has 0 spiro atoms. The summed E-state index contributed by atoms with van der Waals surface area (Å²) in [6.45, 7) is 10.0. The van der Waals surface area contributed by atoms with Gasteiger partial charge in [-0.3, -0.25) is 0 Å². The summed E-state index contributed by atoms with van der Waals surface area (Å²) in [4.78, 5) is 5.70. The number of ether oxygens (including phenoxy) is 1. The molecule has 0 saturated carbocycles. The van der Waals surface area contributed by atoms with Crippen molar-refractivity contribution in [2.24, 2.45) is 0 Å². The van der Waals surface area contributed by atoms with E-state index in [2.05, 4.69) is 44.1 Å². The van der Waals surface area contributed by atoms with Gasteiger partial charge < -0.3 is 10.1 Å². The van der Waals surface area contributed by atoms with Gasteiger partial charge in [0.25, 0.3) is 0 Å². The Bertz CT molecular complexity index is 580. The van der Waals surface area contributed by atoms with Crippen molar-refractivity contribution in [2.45, 2.75) is 53.3 Å². The molecule has 0 amide bonds. The summed E-state index contributed by atoms with van der Waals surface area (Å²) < 4.78 is 5.89. The summed E-state index contributed by atoms with van der Waals surface area (Å²) in [7, 11) is 0. The van der Waals surface area contributed by atoms with Crippen molar-refractivity contribution >= 4 is 11.3 Å². The number of hydrogen-bond acceptors (Lipinski definition) is 4. The van der Waals surface area contributed by atoms with Crippen LogP contribution in [0.3, 0.4) is 0 Å². The molecule has 2 rings (SSSR count). The van der Waals surface area contributed by atoms with Crippen LogP contribution in [0.1, 0.15) is 41.3 Å². The lowest BCUT2D eigenvalue weighted by atomic mass is 10.1. The van der Waals surface area contributed by atoms with E-state index in [1.54, 1.807) is 11.3 Å². The zero-order valence-corrected chi connectivity index (χ0v) is 14.1. The number of benzene rings is 1. The van der Waals surface area contributed by atoms with E-state index < -0.39 is 0 Å². The van der Waals surface area contributed by atoms with Gasteiger partial charge in [0.1, 0.15) is 17.4 Å². The minimum Gasteiger partial charge on any atom is -0.486 e. The molecule has 0 aliphatic carbocycles. The largest absolute Gasteiger partial charge is 0.486 e. The van der Waals surface area contributed by atoms with Gasteiger partial charge in [-0.05, 0) is 44.4 Å². The highest BCUT2D eigenvalue weighted by Crippen LogP contribution is 2.22. The topological polar surface area (TPSA) is 34.2 Å². The van der Waals surface area contributed by atoms with E-state index in [-0.39, 0.29) is 0 Å². The van der Waals surface area contributed by atoms with Crippen LogP contribution in [0.5, 0.6) is 5.75 Å². The van der Waals surface area contributed by atoms with E-state index in [4.69, 9.17) is 4.74 Å². The molecule has 0 aliphatic heterocycles. The maximum absolute atomic E-state index is 5.89. The molecule has 1 atom stereocenters. The van der Waals surface area contributed by atoms with Crippen molar-refractivity contribution in [1.29, 1.82) is 0 Å². The molecule has 1 aromatic heterocycles. The fourth-order valence-corrected chi connectivity index (χ4v) is 2.72. The van der Waals surface area contributed by atoms with E-state index in [1.807, 2.05) is 18.3 Å². The second kappa shape index (κ2) is 7.57. The van der Waals surface area contributed by atoms with Gasteiger partial charge in [-0.25, -0.2) is 4.98 Å². The van der Waals surface area contributed by atoms with Crippen molar-refractivity contribution < 1.29 is 4.74 Å². The fraction of sp³-hybridized carbons (Fsp3) is 0.471. The van der Waals surface area contributed by atoms with Crippen LogP contribution in [-0.4, -0.2) is 11.0 Å². The molecule has 0 bridgehead atoms. The Labute approximate surface area is 131 Å². The van der Waals surface area contributed by atoms with Crippen molar-refractivity contribution in [3.63, 3.8) is 0 Å². The Balaban J connectivity index is 1.89. The van der Waals surface area contributed by atoms with E-state index in [0.717, 1.165) is 23.7 Å². The van der Waals surface area contributed by atoms with Gasteiger partial charge in [0.2, 0.25) is 0 Å². The van der Waals surface area contributed by atoms with Crippen LogP contribution in [0.15, 0.2) is 24.4 Å². The maximum atomic E-state index is 5.89. The molecule has 3 nitrogen and oxygen atoms in total. The highest BCUT2D eigenvalue weighted by Gasteiger charge is 2.06. The van der Waals surface area contributed by atoms with Crippen molar-refractivity contribution in [3.05, 3.63) is 45.4 Å². The Hall–Kier alpha value is -1.39. The van der Waals surface area contributed by atoms with Crippen LogP contribution < -0.4 is 10.1 Å². The summed E-state index contributed by atoms with van der Waals surface area (Å²) >= 11 is 1.72. The predicted octanol–water partition coefficient (Wildman–Crippen LogP) is 4.23. The quantitative estimate of drug-likeness (QED) is 0.831. The lowest BCUT2D eigenvalue weighted by molar-refractivity contribution is 0.303. The van der Waals surface area contributed by atoms with Crippen LogP contribution in [0, 0.1) is 13.8 Å². The number of rotatable bonds is 7. The van der Waals surface area contributed by atoms with E-state index in [9.17, 15) is 0 Å². The normalized spacial score (nSPS) is 12.4. The molecule has 1 heterocycles. The Morgan fingerprint density at radius 2 is 2.14 bits per heavy atom. The molecule has 4 heteroatoms. The lowest BCUT2D eigenvalue weighted by Gasteiger charge is -2.09. The molecule has 114 valence electrons. The van der Waals surface area contributed by atoms with E-state index >= 15 is 0 Å². The Morgan fingerprint density at radius 1 is 1.33 bits per heavy atom. The first-order chi connectivity index (χ1) is 10.1. The van der Waals surface area contributed by atoms with Crippen LogP contribution in [-0.2, 0) is 13.2 Å². The summed E-state index contributed by atoms with van der Waals surface area (Å²) in [6.07, 6.45) is 3.09. The van der Waals surface area contributed by atoms with Gasteiger partial charge in [-0.15, -0.1) is 11.3 Å². The third-order valence-electron chi connectivity index (χ3n) is 3.74. The molecule has 2 aromatic rings. The summed E-state index contributed by atoms with van der Waals surface area (Å²) in [5.74, 6) is 0.949. The number of thiazole rings is 1. The maximum Gasteiger partial charge on any atom is 0.140 e. The molecule has 0 radical (unpaired) electrons. The van der Waals surface area contributed by atoms with Gasteiger partial charge in [0.05, 0.1) is 0 Å². The highest BCUT2D eigenvalue weighted by molar-refractivity contribution is 7.11. The van der Waals surface area contributed by atoms with Gasteiger partial charge in [-0.1, -0.05) is 19.1 Å². The zero-order valence-electron chi connectivity index (χ0n) is 13.3. The summed E-state index contributed by atoms with van der Waals surface area (Å²) in [6, 6.07) is 6.69. The lowest BCUT2D eigenvalue weighted by Crippen LogP contribution is -2.23. The number of nitrogens with one attached hydrogen (secondary N) is 1.